The van der Waals surface area contributed by atoms with E-state index in [2.05, 4.69) is 39.0 Å². The van der Waals surface area contributed by atoms with Gasteiger partial charge < -0.3 is 14.6 Å². The highest BCUT2D eigenvalue weighted by Crippen LogP contribution is 2.15. The van der Waals surface area contributed by atoms with Gasteiger partial charge in [-0.2, -0.15) is 0 Å². The number of aliphatic hydroxyl groups excluding tert-OH is 1. The summed E-state index contributed by atoms with van der Waals surface area (Å²) in [5, 5.41) is 10.00. The van der Waals surface area contributed by atoms with Crippen molar-refractivity contribution in [3.63, 3.8) is 0 Å². The Morgan fingerprint density at radius 2 is 1.04 bits per heavy atom. The first-order valence-corrected chi connectivity index (χ1v) is 19.5. The molecule has 0 aromatic heterocycles. The Morgan fingerprint density at radius 3 is 1.60 bits per heavy atom. The third-order valence-corrected chi connectivity index (χ3v) is 8.22. The average molecular weight is 673 g/mol. The lowest BCUT2D eigenvalue weighted by Crippen LogP contribution is -2.25. The Hall–Kier alpha value is -2.47. The van der Waals surface area contributed by atoms with Crippen LogP contribution < -0.4 is 0 Å². The van der Waals surface area contributed by atoms with Crippen LogP contribution in [0, 0.1) is 5.92 Å². The fourth-order valence-electron chi connectivity index (χ4n) is 5.22. The second-order valence-electron chi connectivity index (χ2n) is 13.6. The van der Waals surface area contributed by atoms with E-state index in [1.165, 1.54) is 70.6 Å². The molecular weight excluding hydrogens is 600 g/mol. The van der Waals surface area contributed by atoms with Crippen LogP contribution in [0.25, 0.3) is 0 Å². The van der Waals surface area contributed by atoms with Crippen molar-refractivity contribution in [1.29, 1.82) is 0 Å². The van der Waals surface area contributed by atoms with Gasteiger partial charge in [-0.1, -0.05) is 160 Å². The van der Waals surface area contributed by atoms with Gasteiger partial charge in [0.2, 0.25) is 0 Å². The first-order valence-electron chi connectivity index (χ1n) is 19.5. The highest BCUT2D eigenvalue weighted by molar-refractivity contribution is 5.89. The second-order valence-corrected chi connectivity index (χ2v) is 13.6. The molecule has 0 radical (unpaired) electrons. The van der Waals surface area contributed by atoms with E-state index in [-0.39, 0.29) is 37.4 Å². The van der Waals surface area contributed by atoms with Gasteiger partial charge in [0.25, 0.3) is 0 Å². The van der Waals surface area contributed by atoms with Gasteiger partial charge in [0.05, 0.1) is 0 Å². The normalized spacial score (nSPS) is 12.7. The van der Waals surface area contributed by atoms with Crippen molar-refractivity contribution in [3.05, 3.63) is 48.6 Å². The van der Waals surface area contributed by atoms with Gasteiger partial charge >= 0.3 is 11.9 Å². The fraction of sp³-hybridized carbons (Fsp3) is 0.738. The smallest absolute Gasteiger partial charge is 0.305 e. The number of allylic oxidation sites excluding steroid dienone is 8. The van der Waals surface area contributed by atoms with E-state index >= 15 is 0 Å². The topological polar surface area (TPSA) is 89.9 Å². The molecule has 0 aromatic carbocycles. The van der Waals surface area contributed by atoms with Crippen molar-refractivity contribution < 1.29 is 29.0 Å². The Bertz CT molecular complexity index is 885. The lowest BCUT2D eigenvalue weighted by Gasteiger charge is -2.12. The number of ether oxygens (including phenoxy) is 2. The van der Waals surface area contributed by atoms with Crippen molar-refractivity contribution in [2.45, 2.75) is 181 Å². The summed E-state index contributed by atoms with van der Waals surface area (Å²) in [7, 11) is 0. The van der Waals surface area contributed by atoms with Crippen LogP contribution in [-0.2, 0) is 23.9 Å². The summed E-state index contributed by atoms with van der Waals surface area (Å²) in [6, 6.07) is 0. The molecule has 0 rings (SSSR count). The molecule has 1 atom stereocenters. The molecule has 276 valence electrons. The molecule has 0 amide bonds. The molecule has 48 heavy (non-hydrogen) atoms. The van der Waals surface area contributed by atoms with Crippen molar-refractivity contribution >= 4 is 17.7 Å². The van der Waals surface area contributed by atoms with Crippen LogP contribution in [0.3, 0.4) is 0 Å². The molecule has 0 aliphatic heterocycles. The van der Waals surface area contributed by atoms with Gasteiger partial charge in [-0.3, -0.25) is 14.4 Å². The van der Waals surface area contributed by atoms with Gasteiger partial charge in [-0.25, -0.2) is 0 Å². The predicted molar refractivity (Wildman–Crippen MR) is 201 cm³/mol. The van der Waals surface area contributed by atoms with E-state index < -0.39 is 6.10 Å². The SMILES string of the molecule is CCCCCC(=O)/C=C/C=C\C/C=C\C/C=C\CCCC(=O)OC[C@@H](O)COC(=O)CCCCCCCCCCCCCCCC(C)C. The van der Waals surface area contributed by atoms with E-state index in [1.807, 2.05) is 24.3 Å². The molecule has 0 aliphatic rings. The summed E-state index contributed by atoms with van der Waals surface area (Å²) in [5.74, 6) is 0.366. The van der Waals surface area contributed by atoms with E-state index in [9.17, 15) is 19.5 Å². The summed E-state index contributed by atoms with van der Waals surface area (Å²) in [5.41, 5.74) is 0. The molecule has 0 unspecified atom stereocenters. The average Bonchev–Trinajstić information content (AvgIpc) is 3.06. The molecule has 0 fully saturated rings. The van der Waals surface area contributed by atoms with Gasteiger partial charge in [0.1, 0.15) is 19.3 Å². The second kappa shape index (κ2) is 35.8. The molecule has 1 N–H and O–H groups in total. The first kappa shape index (κ1) is 45.5. The first-order chi connectivity index (χ1) is 23.3. The number of esters is 2. The summed E-state index contributed by atoms with van der Waals surface area (Å²) in [4.78, 5) is 35.5. The van der Waals surface area contributed by atoms with Crippen LogP contribution in [0.1, 0.15) is 175 Å². The number of carbonyl (C=O) groups excluding carboxylic acids is 3. The van der Waals surface area contributed by atoms with E-state index in [0.29, 0.717) is 19.3 Å². The number of rotatable bonds is 34. The Labute approximate surface area is 294 Å². The molecular formula is C42H72O6. The van der Waals surface area contributed by atoms with Gasteiger partial charge in [-0.05, 0) is 50.5 Å². The summed E-state index contributed by atoms with van der Waals surface area (Å²) >= 11 is 0. The highest BCUT2D eigenvalue weighted by atomic mass is 16.6. The Morgan fingerprint density at radius 1 is 0.562 bits per heavy atom. The number of aliphatic hydroxyl groups is 1. The summed E-state index contributed by atoms with van der Waals surface area (Å²) in [6.45, 7) is 6.43. The lowest BCUT2D eigenvalue weighted by molar-refractivity contribution is -0.152. The predicted octanol–water partition coefficient (Wildman–Crippen LogP) is 11.3. The zero-order chi connectivity index (χ0) is 35.3. The number of unbranched alkanes of at least 4 members (excludes halogenated alkanes) is 15. The van der Waals surface area contributed by atoms with Crippen LogP contribution in [-0.4, -0.2) is 42.1 Å². The van der Waals surface area contributed by atoms with Crippen LogP contribution in [0.15, 0.2) is 48.6 Å². The third-order valence-electron chi connectivity index (χ3n) is 8.22. The minimum atomic E-state index is -1.00. The standard InChI is InChI=1S/C42H72O6/c1-4-5-26-32-39(43)33-28-23-19-15-11-9-13-17-21-25-30-35-42(46)48-37-40(44)36-47-41(45)34-29-24-20-16-12-8-6-7-10-14-18-22-27-31-38(2)3/h9,11,17,19,21,23,28,33,38,40,44H,4-8,10,12-16,18,20,22,24-27,29-32,34-37H2,1-3H3/b11-9-,21-17-,23-19-,33-28+/t40-/m0/s1. The van der Waals surface area contributed by atoms with Crippen molar-refractivity contribution in [3.8, 4) is 0 Å². The number of carbonyl (C=O) groups is 3. The van der Waals surface area contributed by atoms with Gasteiger partial charge in [-0.15, -0.1) is 0 Å². The van der Waals surface area contributed by atoms with Gasteiger partial charge in [0.15, 0.2) is 5.78 Å². The molecule has 0 heterocycles. The van der Waals surface area contributed by atoms with Crippen molar-refractivity contribution in [2.75, 3.05) is 13.2 Å². The fourth-order valence-corrected chi connectivity index (χ4v) is 5.22. The zero-order valence-corrected chi connectivity index (χ0v) is 31.1. The largest absolute Gasteiger partial charge is 0.463 e. The molecule has 0 spiro atoms. The zero-order valence-electron chi connectivity index (χ0n) is 31.1. The molecule has 6 heteroatoms. The van der Waals surface area contributed by atoms with Crippen molar-refractivity contribution in [1.82, 2.24) is 0 Å². The summed E-state index contributed by atoms with van der Waals surface area (Å²) in [6.07, 6.45) is 40.1. The third kappa shape index (κ3) is 36.4. The summed E-state index contributed by atoms with van der Waals surface area (Å²) < 4.78 is 10.3. The molecule has 0 bridgehead atoms. The number of hydrogen-bond donors (Lipinski definition) is 1. The molecule has 6 nitrogen and oxygen atoms in total. The molecule has 0 aliphatic carbocycles. The molecule has 0 aromatic rings. The molecule has 0 saturated carbocycles. The minimum Gasteiger partial charge on any atom is -0.463 e. The van der Waals surface area contributed by atoms with Crippen LogP contribution in [0.4, 0.5) is 0 Å². The molecule has 0 saturated heterocycles. The Kier molecular flexibility index (Phi) is 34.0. The van der Waals surface area contributed by atoms with Crippen molar-refractivity contribution in [2.24, 2.45) is 5.92 Å². The van der Waals surface area contributed by atoms with Crippen LogP contribution in [0.5, 0.6) is 0 Å². The highest BCUT2D eigenvalue weighted by Gasteiger charge is 2.12. The number of hydrogen-bond acceptors (Lipinski definition) is 6. The van der Waals surface area contributed by atoms with Crippen LogP contribution >= 0.6 is 0 Å². The maximum Gasteiger partial charge on any atom is 0.305 e. The van der Waals surface area contributed by atoms with E-state index in [0.717, 1.165) is 63.7 Å². The maximum absolute atomic E-state index is 12.0. The quantitative estimate of drug-likeness (QED) is 0.0240. The Balaban J connectivity index is 3.58. The van der Waals surface area contributed by atoms with E-state index in [4.69, 9.17) is 9.47 Å². The van der Waals surface area contributed by atoms with Crippen LogP contribution in [0.2, 0.25) is 0 Å². The maximum atomic E-state index is 12.0. The minimum absolute atomic E-state index is 0.147. The monoisotopic (exact) mass is 673 g/mol. The lowest BCUT2D eigenvalue weighted by atomic mass is 10.0. The van der Waals surface area contributed by atoms with E-state index in [1.54, 1.807) is 6.08 Å². The number of ketones is 1. The van der Waals surface area contributed by atoms with Gasteiger partial charge in [0, 0.05) is 19.3 Å².